The first-order valence-corrected chi connectivity index (χ1v) is 9.69. The Morgan fingerprint density at radius 2 is 1.52 bits per heavy atom. The number of nitrogens with zero attached hydrogens (tertiary/aromatic N) is 3. The average Bonchev–Trinajstić information content (AvgIpc) is 2.62. The van der Waals surface area contributed by atoms with Crippen LogP contribution in [0, 0.1) is 0 Å². The minimum atomic E-state index is -0.183. The number of ether oxygens (including phenoxy) is 2. The molecule has 2 heterocycles. The van der Waals surface area contributed by atoms with Gasteiger partial charge in [0, 0.05) is 13.9 Å². The largest absolute Gasteiger partial charge is 0.376 e. The van der Waals surface area contributed by atoms with Crippen molar-refractivity contribution in [3.8, 4) is 0 Å². The minimum absolute atomic E-state index is 0. The summed E-state index contributed by atoms with van der Waals surface area (Å²) in [6, 6.07) is 11.9. The standard InChI is InChI=1S/C9H8BrN3O.C9H10BrNO.CH4/c10-7-1-2-8-6(3-7)4-14-5-9(8)12-13-11;10-7-1-2-8-6(3-7)4-12-5-9(8)11;/h1-3,9H,4-5H2;1-3,9H,4-5,11H2;1H4. The van der Waals surface area contributed by atoms with E-state index in [-0.39, 0.29) is 19.5 Å². The van der Waals surface area contributed by atoms with Crippen LogP contribution in [0.1, 0.15) is 41.8 Å². The van der Waals surface area contributed by atoms with E-state index in [0.717, 1.165) is 20.1 Å². The summed E-state index contributed by atoms with van der Waals surface area (Å²) in [5.74, 6) is 0. The van der Waals surface area contributed by atoms with Gasteiger partial charge in [0.15, 0.2) is 0 Å². The SMILES string of the molecule is C.NC1COCc2cc(Br)ccc21.[N-]=[N+]=NC1COCc2cc(Br)ccc21. The first-order valence-electron chi connectivity index (χ1n) is 8.10. The molecule has 8 heteroatoms. The van der Waals surface area contributed by atoms with Crippen LogP contribution in [0.4, 0.5) is 0 Å². The maximum absolute atomic E-state index is 8.39. The van der Waals surface area contributed by atoms with Gasteiger partial charge in [0.2, 0.25) is 0 Å². The Morgan fingerprint density at radius 3 is 2.15 bits per heavy atom. The highest BCUT2D eigenvalue weighted by Crippen LogP contribution is 2.30. The van der Waals surface area contributed by atoms with Crippen LogP contribution in [0.25, 0.3) is 10.4 Å². The molecule has 0 saturated heterocycles. The summed E-state index contributed by atoms with van der Waals surface area (Å²) in [6.45, 7) is 2.38. The van der Waals surface area contributed by atoms with Gasteiger partial charge in [-0.15, -0.1) is 0 Å². The average molecular weight is 498 g/mol. The molecule has 0 bridgehead atoms. The second kappa shape index (κ2) is 10.2. The fraction of sp³-hybridized carbons (Fsp3) is 0.368. The monoisotopic (exact) mass is 496 g/mol. The summed E-state index contributed by atoms with van der Waals surface area (Å²) >= 11 is 6.80. The zero-order chi connectivity index (χ0) is 18.5. The lowest BCUT2D eigenvalue weighted by molar-refractivity contribution is 0.0923. The molecule has 2 aromatic carbocycles. The van der Waals surface area contributed by atoms with Gasteiger partial charge in [0.25, 0.3) is 0 Å². The summed E-state index contributed by atoms with van der Waals surface area (Å²) < 4.78 is 12.7. The van der Waals surface area contributed by atoms with Crippen LogP contribution in [0.3, 0.4) is 0 Å². The zero-order valence-electron chi connectivity index (χ0n) is 13.9. The number of nitrogens with two attached hydrogens (primary N) is 1. The molecule has 144 valence electrons. The summed E-state index contributed by atoms with van der Waals surface area (Å²) in [4.78, 5) is 2.81. The Hall–Kier alpha value is -1.41. The van der Waals surface area contributed by atoms with Crippen molar-refractivity contribution in [3.63, 3.8) is 0 Å². The summed E-state index contributed by atoms with van der Waals surface area (Å²) in [6.07, 6.45) is 0. The van der Waals surface area contributed by atoms with Crippen LogP contribution >= 0.6 is 31.9 Å². The van der Waals surface area contributed by atoms with E-state index in [4.69, 9.17) is 20.7 Å². The van der Waals surface area contributed by atoms with Crippen molar-refractivity contribution in [1.29, 1.82) is 0 Å². The molecule has 0 radical (unpaired) electrons. The fourth-order valence-electron chi connectivity index (χ4n) is 3.00. The Bertz CT molecular complexity index is 840. The van der Waals surface area contributed by atoms with Crippen LogP contribution in [-0.2, 0) is 22.7 Å². The highest BCUT2D eigenvalue weighted by Gasteiger charge is 2.19. The lowest BCUT2D eigenvalue weighted by Crippen LogP contribution is -2.23. The molecule has 6 nitrogen and oxygen atoms in total. The van der Waals surface area contributed by atoms with Gasteiger partial charge < -0.3 is 15.2 Å². The van der Waals surface area contributed by atoms with Crippen LogP contribution in [0.5, 0.6) is 0 Å². The van der Waals surface area contributed by atoms with Gasteiger partial charge in [-0.25, -0.2) is 0 Å². The molecule has 2 atom stereocenters. The molecular formula is C19H22Br2N4O2. The van der Waals surface area contributed by atoms with E-state index >= 15 is 0 Å². The zero-order valence-corrected chi connectivity index (χ0v) is 17.1. The van der Waals surface area contributed by atoms with Crippen molar-refractivity contribution in [1.82, 2.24) is 0 Å². The van der Waals surface area contributed by atoms with Crippen molar-refractivity contribution >= 4 is 31.9 Å². The van der Waals surface area contributed by atoms with Gasteiger partial charge in [-0.1, -0.05) is 56.5 Å². The van der Waals surface area contributed by atoms with Crippen LogP contribution in [0.2, 0.25) is 0 Å². The van der Waals surface area contributed by atoms with Gasteiger partial charge in [-0.3, -0.25) is 0 Å². The fourth-order valence-corrected chi connectivity index (χ4v) is 3.82. The van der Waals surface area contributed by atoms with Crippen LogP contribution in [0.15, 0.2) is 50.5 Å². The highest BCUT2D eigenvalue weighted by molar-refractivity contribution is 9.10. The molecule has 0 aromatic heterocycles. The van der Waals surface area contributed by atoms with E-state index in [2.05, 4.69) is 54.0 Å². The smallest absolute Gasteiger partial charge is 0.0862 e. The molecule has 2 N–H and O–H groups in total. The van der Waals surface area contributed by atoms with E-state index in [1.807, 2.05) is 24.3 Å². The third-order valence-electron chi connectivity index (χ3n) is 4.25. The third-order valence-corrected chi connectivity index (χ3v) is 5.23. The molecule has 0 aliphatic carbocycles. The molecule has 2 unspecified atom stereocenters. The maximum atomic E-state index is 8.39. The maximum Gasteiger partial charge on any atom is 0.0862 e. The quantitative estimate of drug-likeness (QED) is 0.299. The molecule has 4 rings (SSSR count). The van der Waals surface area contributed by atoms with Crippen molar-refractivity contribution in [2.45, 2.75) is 32.7 Å². The van der Waals surface area contributed by atoms with Crippen molar-refractivity contribution < 1.29 is 9.47 Å². The molecule has 0 amide bonds. The summed E-state index contributed by atoms with van der Waals surface area (Å²) in [5.41, 5.74) is 18.8. The molecule has 2 aliphatic heterocycles. The van der Waals surface area contributed by atoms with Crippen LogP contribution in [-0.4, -0.2) is 13.2 Å². The number of halogens is 2. The Kier molecular flexibility index (Phi) is 8.28. The van der Waals surface area contributed by atoms with E-state index in [9.17, 15) is 0 Å². The Morgan fingerprint density at radius 1 is 0.963 bits per heavy atom. The van der Waals surface area contributed by atoms with Gasteiger partial charge in [-0.2, -0.15) is 0 Å². The molecule has 27 heavy (non-hydrogen) atoms. The second-order valence-electron chi connectivity index (χ2n) is 6.04. The van der Waals surface area contributed by atoms with Gasteiger partial charge >= 0.3 is 0 Å². The molecule has 0 spiro atoms. The number of rotatable bonds is 1. The van der Waals surface area contributed by atoms with Gasteiger partial charge in [-0.05, 0) is 52.1 Å². The van der Waals surface area contributed by atoms with E-state index in [0.29, 0.717) is 26.4 Å². The third kappa shape index (κ3) is 5.54. The van der Waals surface area contributed by atoms with Crippen molar-refractivity contribution in [2.75, 3.05) is 13.2 Å². The Labute approximate surface area is 175 Å². The number of hydrogen-bond donors (Lipinski definition) is 1. The lowest BCUT2D eigenvalue weighted by atomic mass is 10.00. The molecule has 0 fully saturated rings. The van der Waals surface area contributed by atoms with E-state index in [1.165, 1.54) is 11.1 Å². The first kappa shape index (κ1) is 21.9. The topological polar surface area (TPSA) is 93.2 Å². The normalized spacial score (nSPS) is 20.0. The first-order chi connectivity index (χ1) is 12.6. The molecular weight excluding hydrogens is 476 g/mol. The predicted molar refractivity (Wildman–Crippen MR) is 113 cm³/mol. The van der Waals surface area contributed by atoms with Crippen molar-refractivity contribution in [2.24, 2.45) is 10.8 Å². The molecule has 2 aromatic rings. The van der Waals surface area contributed by atoms with E-state index in [1.54, 1.807) is 0 Å². The molecule has 0 saturated carbocycles. The number of fused-ring (bicyclic) bond motifs is 2. The predicted octanol–water partition coefficient (Wildman–Crippen LogP) is 5.95. The lowest BCUT2D eigenvalue weighted by Gasteiger charge is -2.22. The van der Waals surface area contributed by atoms with Gasteiger partial charge in [0.05, 0.1) is 38.5 Å². The number of hydrogen-bond acceptors (Lipinski definition) is 4. The highest BCUT2D eigenvalue weighted by atomic mass is 79.9. The van der Waals surface area contributed by atoms with Crippen LogP contribution < -0.4 is 5.73 Å². The summed E-state index contributed by atoms with van der Waals surface area (Å²) in [7, 11) is 0. The minimum Gasteiger partial charge on any atom is -0.376 e. The van der Waals surface area contributed by atoms with Crippen molar-refractivity contribution in [3.05, 3.63) is 78.0 Å². The van der Waals surface area contributed by atoms with Gasteiger partial charge in [0.1, 0.15) is 0 Å². The van der Waals surface area contributed by atoms with E-state index < -0.39 is 0 Å². The number of benzene rings is 2. The Balaban J connectivity index is 0.000000189. The number of azide groups is 1. The summed E-state index contributed by atoms with van der Waals surface area (Å²) in [5, 5.41) is 3.69. The second-order valence-corrected chi connectivity index (χ2v) is 7.88. The molecule has 2 aliphatic rings.